The lowest BCUT2D eigenvalue weighted by Crippen LogP contribution is -2.44. The smallest absolute Gasteiger partial charge is 0.408 e. The summed E-state index contributed by atoms with van der Waals surface area (Å²) in [5, 5.41) is 2.49. The normalized spacial score (nSPS) is 13.8. The van der Waals surface area contributed by atoms with Gasteiger partial charge in [-0.05, 0) is 33.3 Å². The fourth-order valence-corrected chi connectivity index (χ4v) is 1.40. The molecular formula is C15H23NO4. The molecule has 0 rings (SSSR count). The third kappa shape index (κ3) is 6.78. The average molecular weight is 281 g/mol. The van der Waals surface area contributed by atoms with Crippen molar-refractivity contribution in [3.63, 3.8) is 0 Å². The third-order valence-corrected chi connectivity index (χ3v) is 2.10. The fourth-order valence-electron chi connectivity index (χ4n) is 1.40. The highest BCUT2D eigenvalue weighted by Gasteiger charge is 2.26. The SMILES string of the molecule is C=C/C=C(\C=C/C)C(NC(=O)OC(C)(C)C)C(=O)OC. The summed E-state index contributed by atoms with van der Waals surface area (Å²) in [5.74, 6) is -0.581. The number of methoxy groups -OCH3 is 1. The summed E-state index contributed by atoms with van der Waals surface area (Å²) >= 11 is 0. The predicted octanol–water partition coefficient (Wildman–Crippen LogP) is 2.74. The van der Waals surface area contributed by atoms with Crippen molar-refractivity contribution in [1.29, 1.82) is 0 Å². The highest BCUT2D eigenvalue weighted by molar-refractivity contribution is 5.85. The van der Waals surface area contributed by atoms with E-state index in [2.05, 4.69) is 11.9 Å². The number of carbonyl (C=O) groups excluding carboxylic acids is 2. The minimum absolute atomic E-state index is 0.556. The summed E-state index contributed by atoms with van der Waals surface area (Å²) in [6, 6.07) is -0.941. The van der Waals surface area contributed by atoms with Crippen molar-refractivity contribution in [3.8, 4) is 0 Å². The summed E-state index contributed by atoms with van der Waals surface area (Å²) in [6.07, 6.45) is 5.91. The van der Waals surface area contributed by atoms with Gasteiger partial charge in [-0.15, -0.1) is 0 Å². The fraction of sp³-hybridized carbons (Fsp3) is 0.467. The molecular weight excluding hydrogens is 258 g/mol. The van der Waals surface area contributed by atoms with Gasteiger partial charge in [0, 0.05) is 0 Å². The maximum atomic E-state index is 11.8. The summed E-state index contributed by atoms with van der Waals surface area (Å²) in [5.41, 5.74) is -0.0894. The van der Waals surface area contributed by atoms with Crippen molar-refractivity contribution in [2.24, 2.45) is 0 Å². The lowest BCUT2D eigenvalue weighted by atomic mass is 10.1. The third-order valence-electron chi connectivity index (χ3n) is 2.10. The largest absolute Gasteiger partial charge is 0.467 e. The Labute approximate surface area is 120 Å². The van der Waals surface area contributed by atoms with Crippen molar-refractivity contribution < 1.29 is 19.1 Å². The zero-order valence-corrected chi connectivity index (χ0v) is 12.7. The van der Waals surface area contributed by atoms with Crippen LogP contribution in [0.15, 0.2) is 36.5 Å². The van der Waals surface area contributed by atoms with E-state index >= 15 is 0 Å². The Morgan fingerprint density at radius 2 is 1.90 bits per heavy atom. The van der Waals surface area contributed by atoms with Crippen LogP contribution in [0.5, 0.6) is 0 Å². The van der Waals surface area contributed by atoms with Crippen LogP contribution in [0.25, 0.3) is 0 Å². The summed E-state index contributed by atoms with van der Waals surface area (Å²) in [4.78, 5) is 23.6. The van der Waals surface area contributed by atoms with Crippen molar-refractivity contribution in [1.82, 2.24) is 5.32 Å². The zero-order valence-electron chi connectivity index (χ0n) is 12.7. The molecule has 0 bridgehead atoms. The highest BCUT2D eigenvalue weighted by atomic mass is 16.6. The van der Waals surface area contributed by atoms with E-state index in [9.17, 15) is 9.59 Å². The number of allylic oxidation sites excluding steroid dienone is 3. The molecule has 5 nitrogen and oxygen atoms in total. The highest BCUT2D eigenvalue weighted by Crippen LogP contribution is 2.11. The number of rotatable bonds is 5. The Morgan fingerprint density at radius 1 is 1.30 bits per heavy atom. The van der Waals surface area contributed by atoms with E-state index in [1.54, 1.807) is 45.9 Å². The number of esters is 1. The van der Waals surface area contributed by atoms with Gasteiger partial charge in [-0.3, -0.25) is 0 Å². The second-order valence-electron chi connectivity index (χ2n) is 5.00. The van der Waals surface area contributed by atoms with E-state index in [1.807, 2.05) is 0 Å². The van der Waals surface area contributed by atoms with E-state index in [4.69, 9.17) is 9.47 Å². The van der Waals surface area contributed by atoms with Crippen LogP contribution in [0.2, 0.25) is 0 Å². The summed E-state index contributed by atoms with van der Waals surface area (Å²) < 4.78 is 9.83. The minimum Gasteiger partial charge on any atom is -0.467 e. The predicted molar refractivity (Wildman–Crippen MR) is 78.3 cm³/mol. The molecule has 0 aromatic carbocycles. The van der Waals surface area contributed by atoms with Crippen LogP contribution >= 0.6 is 0 Å². The molecule has 112 valence electrons. The quantitative estimate of drug-likeness (QED) is 0.621. The van der Waals surface area contributed by atoms with Crippen LogP contribution in [0.3, 0.4) is 0 Å². The molecule has 0 radical (unpaired) electrons. The first-order chi connectivity index (χ1) is 9.25. The molecule has 0 aliphatic carbocycles. The van der Waals surface area contributed by atoms with Gasteiger partial charge < -0.3 is 14.8 Å². The molecule has 0 saturated heterocycles. The molecule has 1 unspecified atom stereocenters. The van der Waals surface area contributed by atoms with Crippen molar-refractivity contribution in [3.05, 3.63) is 36.5 Å². The van der Waals surface area contributed by atoms with Crippen LogP contribution in [0, 0.1) is 0 Å². The maximum Gasteiger partial charge on any atom is 0.408 e. The second-order valence-corrected chi connectivity index (χ2v) is 5.00. The van der Waals surface area contributed by atoms with Crippen LogP contribution in [-0.2, 0) is 14.3 Å². The Kier molecular flexibility index (Phi) is 7.36. The first-order valence-electron chi connectivity index (χ1n) is 6.27. The molecule has 20 heavy (non-hydrogen) atoms. The topological polar surface area (TPSA) is 64.6 Å². The Morgan fingerprint density at radius 3 is 2.30 bits per heavy atom. The lowest BCUT2D eigenvalue weighted by molar-refractivity contribution is -0.141. The Bertz CT molecular complexity index is 416. The standard InChI is InChI=1S/C15H23NO4/c1-7-9-11(10-8-2)12(13(17)19-6)16-14(18)20-15(3,4)5/h7-10,12H,1H2,2-6H3,(H,16,18)/b10-8-,11-9+. The number of hydrogen-bond donors (Lipinski definition) is 1. The molecule has 1 atom stereocenters. The van der Waals surface area contributed by atoms with Crippen molar-refractivity contribution in [2.75, 3.05) is 7.11 Å². The van der Waals surface area contributed by atoms with E-state index in [-0.39, 0.29) is 0 Å². The minimum atomic E-state index is -0.941. The Balaban J connectivity index is 5.17. The van der Waals surface area contributed by atoms with Gasteiger partial charge in [0.1, 0.15) is 5.60 Å². The summed E-state index contributed by atoms with van der Waals surface area (Å²) in [6.45, 7) is 10.6. The zero-order chi connectivity index (χ0) is 15.8. The molecule has 0 aliphatic rings. The lowest BCUT2D eigenvalue weighted by Gasteiger charge is -2.23. The van der Waals surface area contributed by atoms with Crippen LogP contribution in [0.4, 0.5) is 4.79 Å². The summed E-state index contributed by atoms with van der Waals surface area (Å²) in [7, 11) is 1.26. The molecule has 0 spiro atoms. The molecule has 1 amide bonds. The number of amides is 1. The van der Waals surface area contributed by atoms with Crippen LogP contribution < -0.4 is 5.32 Å². The molecule has 5 heteroatoms. The molecule has 0 aromatic rings. The monoisotopic (exact) mass is 281 g/mol. The van der Waals surface area contributed by atoms with E-state index < -0.39 is 23.7 Å². The van der Waals surface area contributed by atoms with Gasteiger partial charge in [0.25, 0.3) is 0 Å². The second kappa shape index (κ2) is 8.19. The van der Waals surface area contributed by atoms with Gasteiger partial charge in [-0.25, -0.2) is 9.59 Å². The van der Waals surface area contributed by atoms with Gasteiger partial charge in [0.05, 0.1) is 7.11 Å². The molecule has 0 heterocycles. The van der Waals surface area contributed by atoms with E-state index in [0.717, 1.165) is 0 Å². The average Bonchev–Trinajstić information content (AvgIpc) is 2.32. The molecule has 1 N–H and O–H groups in total. The van der Waals surface area contributed by atoms with Crippen LogP contribution in [0.1, 0.15) is 27.7 Å². The number of hydrogen-bond acceptors (Lipinski definition) is 4. The van der Waals surface area contributed by atoms with E-state index in [0.29, 0.717) is 5.57 Å². The Hall–Kier alpha value is -2.04. The first kappa shape index (κ1) is 18.0. The van der Waals surface area contributed by atoms with Crippen molar-refractivity contribution in [2.45, 2.75) is 39.3 Å². The number of carbonyl (C=O) groups is 2. The first-order valence-corrected chi connectivity index (χ1v) is 6.27. The van der Waals surface area contributed by atoms with Gasteiger partial charge >= 0.3 is 12.1 Å². The maximum absolute atomic E-state index is 11.8. The van der Waals surface area contributed by atoms with Crippen LogP contribution in [-0.4, -0.2) is 30.8 Å². The molecule has 0 aliphatic heterocycles. The van der Waals surface area contributed by atoms with Gasteiger partial charge in [-0.1, -0.05) is 30.9 Å². The molecule has 0 fully saturated rings. The number of ether oxygens (including phenoxy) is 2. The van der Waals surface area contributed by atoms with Gasteiger partial charge in [-0.2, -0.15) is 0 Å². The van der Waals surface area contributed by atoms with Crippen molar-refractivity contribution >= 4 is 12.1 Å². The van der Waals surface area contributed by atoms with Gasteiger partial charge in [0.15, 0.2) is 6.04 Å². The number of nitrogens with one attached hydrogen (secondary N) is 1. The van der Waals surface area contributed by atoms with E-state index in [1.165, 1.54) is 13.2 Å². The molecule has 0 aromatic heterocycles. The van der Waals surface area contributed by atoms with Gasteiger partial charge in [0.2, 0.25) is 0 Å². The number of alkyl carbamates (subject to hydrolysis) is 1. The molecule has 0 saturated carbocycles.